The average molecular weight is 395 g/mol. The molecule has 2 aliphatic rings. The van der Waals surface area contributed by atoms with Crippen molar-refractivity contribution in [1.82, 2.24) is 30.1 Å². The first-order chi connectivity index (χ1) is 12.7. The number of likely N-dealkylation sites (N-methyl/N-ethyl adjacent to an activating group) is 1. The van der Waals surface area contributed by atoms with E-state index in [1.807, 2.05) is 19.2 Å². The minimum atomic E-state index is 0. The van der Waals surface area contributed by atoms with Crippen molar-refractivity contribution >= 4 is 18.3 Å². The lowest BCUT2D eigenvalue weighted by atomic mass is 9.97. The molecule has 3 heterocycles. The van der Waals surface area contributed by atoms with Crippen molar-refractivity contribution in [2.45, 2.75) is 57.5 Å². The van der Waals surface area contributed by atoms with Gasteiger partial charge in [-0.15, -0.1) is 12.4 Å². The Hall–Kier alpha value is -1.93. The van der Waals surface area contributed by atoms with Crippen molar-refractivity contribution in [3.8, 4) is 0 Å². The molecule has 2 aromatic heterocycles. The standard InChI is InChI=1S/C18H26N6O2.ClH/c1-2-23(11-16-20-18(26-22-16)13-5-6-13)17(25)12-24-9-7-15(21-24)14-4-3-8-19-10-14;/h7,9,13-14,19H,2-6,8,10-12H2,1H3;1H. The van der Waals surface area contributed by atoms with Gasteiger partial charge in [0.25, 0.3) is 0 Å². The van der Waals surface area contributed by atoms with Gasteiger partial charge in [0, 0.05) is 31.1 Å². The van der Waals surface area contributed by atoms with E-state index in [2.05, 4.69) is 20.6 Å². The van der Waals surface area contributed by atoms with E-state index >= 15 is 0 Å². The largest absolute Gasteiger partial charge is 0.339 e. The van der Waals surface area contributed by atoms with Crippen molar-refractivity contribution in [2.75, 3.05) is 19.6 Å². The number of nitrogens with zero attached hydrogens (tertiary/aromatic N) is 5. The zero-order valence-electron chi connectivity index (χ0n) is 15.6. The second kappa shape index (κ2) is 8.84. The molecule has 2 aromatic rings. The number of halogens is 1. The average Bonchev–Trinajstić information content (AvgIpc) is 3.23. The molecule has 1 aliphatic carbocycles. The lowest BCUT2D eigenvalue weighted by Gasteiger charge is -2.21. The highest BCUT2D eigenvalue weighted by molar-refractivity contribution is 5.85. The van der Waals surface area contributed by atoms with Gasteiger partial charge in [0.1, 0.15) is 6.54 Å². The van der Waals surface area contributed by atoms with Gasteiger partial charge in [-0.25, -0.2) is 0 Å². The number of rotatable bonds is 7. The molecule has 1 aliphatic heterocycles. The number of hydrogen-bond acceptors (Lipinski definition) is 6. The first kappa shape index (κ1) is 19.8. The molecule has 9 heteroatoms. The Labute approximate surface area is 165 Å². The minimum Gasteiger partial charge on any atom is -0.339 e. The number of amides is 1. The Morgan fingerprint density at radius 3 is 2.93 bits per heavy atom. The normalized spacial score (nSPS) is 19.5. The molecule has 1 amide bonds. The summed E-state index contributed by atoms with van der Waals surface area (Å²) in [5.41, 5.74) is 1.07. The molecule has 8 nitrogen and oxygen atoms in total. The van der Waals surface area contributed by atoms with Crippen molar-refractivity contribution < 1.29 is 9.32 Å². The van der Waals surface area contributed by atoms with Gasteiger partial charge in [0.05, 0.1) is 12.2 Å². The van der Waals surface area contributed by atoms with E-state index in [-0.39, 0.29) is 24.9 Å². The summed E-state index contributed by atoms with van der Waals surface area (Å²) in [4.78, 5) is 18.8. The highest BCUT2D eigenvalue weighted by atomic mass is 35.5. The van der Waals surface area contributed by atoms with Crippen LogP contribution in [-0.4, -0.2) is 50.4 Å². The maximum atomic E-state index is 12.7. The fourth-order valence-corrected chi connectivity index (χ4v) is 3.40. The van der Waals surface area contributed by atoms with E-state index in [0.717, 1.165) is 38.0 Å². The van der Waals surface area contributed by atoms with E-state index in [4.69, 9.17) is 4.52 Å². The van der Waals surface area contributed by atoms with Gasteiger partial charge in [-0.1, -0.05) is 5.16 Å². The SMILES string of the molecule is CCN(Cc1noc(C2CC2)n1)C(=O)Cn1ccc(C2CCCNC2)n1.Cl. The monoisotopic (exact) mass is 394 g/mol. The lowest BCUT2D eigenvalue weighted by molar-refractivity contribution is -0.132. The van der Waals surface area contributed by atoms with Gasteiger partial charge >= 0.3 is 0 Å². The number of piperidine rings is 1. The van der Waals surface area contributed by atoms with E-state index in [0.29, 0.717) is 36.6 Å². The van der Waals surface area contributed by atoms with E-state index in [9.17, 15) is 4.79 Å². The predicted molar refractivity (Wildman–Crippen MR) is 102 cm³/mol. The summed E-state index contributed by atoms with van der Waals surface area (Å²) in [5.74, 6) is 2.18. The molecular formula is C18H27ClN6O2. The number of nitrogens with one attached hydrogen (secondary N) is 1. The van der Waals surface area contributed by atoms with E-state index in [1.165, 1.54) is 6.42 Å². The molecule has 27 heavy (non-hydrogen) atoms. The van der Waals surface area contributed by atoms with Crippen molar-refractivity contribution in [3.05, 3.63) is 29.7 Å². The smallest absolute Gasteiger partial charge is 0.244 e. The molecular weight excluding hydrogens is 368 g/mol. The van der Waals surface area contributed by atoms with Crippen LogP contribution in [0.25, 0.3) is 0 Å². The van der Waals surface area contributed by atoms with E-state index in [1.54, 1.807) is 9.58 Å². The van der Waals surface area contributed by atoms with Crippen LogP contribution in [0.2, 0.25) is 0 Å². The van der Waals surface area contributed by atoms with Crippen LogP contribution in [0.4, 0.5) is 0 Å². The first-order valence-electron chi connectivity index (χ1n) is 9.57. The number of carbonyl (C=O) groups is 1. The Morgan fingerprint density at radius 2 is 2.22 bits per heavy atom. The molecule has 148 valence electrons. The molecule has 1 saturated carbocycles. The van der Waals surface area contributed by atoms with Gasteiger partial charge < -0.3 is 14.7 Å². The minimum absolute atomic E-state index is 0. The Bertz CT molecular complexity index is 751. The van der Waals surface area contributed by atoms with Crippen LogP contribution in [0.1, 0.15) is 61.9 Å². The van der Waals surface area contributed by atoms with Crippen molar-refractivity contribution in [1.29, 1.82) is 0 Å². The molecule has 0 radical (unpaired) electrons. The summed E-state index contributed by atoms with van der Waals surface area (Å²) >= 11 is 0. The van der Waals surface area contributed by atoms with Crippen LogP contribution in [-0.2, 0) is 17.9 Å². The van der Waals surface area contributed by atoms with Gasteiger partial charge in [0.15, 0.2) is 5.82 Å². The molecule has 4 rings (SSSR count). The van der Waals surface area contributed by atoms with Gasteiger partial charge in [0.2, 0.25) is 11.8 Å². The second-order valence-corrected chi connectivity index (χ2v) is 7.21. The van der Waals surface area contributed by atoms with E-state index < -0.39 is 0 Å². The third kappa shape index (κ3) is 4.87. The topological polar surface area (TPSA) is 89.1 Å². The summed E-state index contributed by atoms with van der Waals surface area (Å²) in [7, 11) is 0. The quantitative estimate of drug-likeness (QED) is 0.773. The zero-order valence-corrected chi connectivity index (χ0v) is 16.5. The molecule has 2 fully saturated rings. The van der Waals surface area contributed by atoms with Crippen LogP contribution >= 0.6 is 12.4 Å². The van der Waals surface area contributed by atoms with Gasteiger partial charge in [-0.2, -0.15) is 10.1 Å². The lowest BCUT2D eigenvalue weighted by Crippen LogP contribution is -2.34. The van der Waals surface area contributed by atoms with Crippen molar-refractivity contribution in [2.24, 2.45) is 0 Å². The summed E-state index contributed by atoms with van der Waals surface area (Å²) in [5, 5.41) is 12.0. The Kier molecular flexibility index (Phi) is 6.49. The maximum absolute atomic E-state index is 12.7. The van der Waals surface area contributed by atoms with Crippen LogP contribution < -0.4 is 5.32 Å². The zero-order chi connectivity index (χ0) is 17.9. The van der Waals surface area contributed by atoms with Crippen molar-refractivity contribution in [3.63, 3.8) is 0 Å². The third-order valence-corrected chi connectivity index (χ3v) is 5.15. The number of aromatic nitrogens is 4. The van der Waals surface area contributed by atoms with Crippen LogP contribution in [0.5, 0.6) is 0 Å². The molecule has 1 N–H and O–H groups in total. The van der Waals surface area contributed by atoms with Gasteiger partial charge in [-0.05, 0) is 45.2 Å². The van der Waals surface area contributed by atoms with Crippen LogP contribution in [0, 0.1) is 0 Å². The fourth-order valence-electron chi connectivity index (χ4n) is 3.40. The summed E-state index contributed by atoms with van der Waals surface area (Å²) < 4.78 is 7.02. The number of carbonyl (C=O) groups excluding carboxylic acids is 1. The van der Waals surface area contributed by atoms with Crippen LogP contribution in [0.3, 0.4) is 0 Å². The Morgan fingerprint density at radius 1 is 1.37 bits per heavy atom. The molecule has 1 saturated heterocycles. The Balaban J connectivity index is 0.00000210. The summed E-state index contributed by atoms with van der Waals surface area (Å²) in [6.07, 6.45) is 6.47. The fraction of sp³-hybridized carbons (Fsp3) is 0.667. The molecule has 1 atom stereocenters. The van der Waals surface area contributed by atoms with Gasteiger partial charge in [-0.3, -0.25) is 9.48 Å². The molecule has 0 spiro atoms. The molecule has 0 bridgehead atoms. The van der Waals surface area contributed by atoms with Crippen LogP contribution in [0.15, 0.2) is 16.8 Å². The highest BCUT2D eigenvalue weighted by Gasteiger charge is 2.30. The highest BCUT2D eigenvalue weighted by Crippen LogP contribution is 2.38. The third-order valence-electron chi connectivity index (χ3n) is 5.15. The summed E-state index contributed by atoms with van der Waals surface area (Å²) in [6, 6.07) is 2.03. The molecule has 0 aromatic carbocycles. The summed E-state index contributed by atoms with van der Waals surface area (Å²) in [6.45, 7) is 5.23. The molecule has 1 unspecified atom stereocenters. The predicted octanol–water partition coefficient (Wildman–Crippen LogP) is 2.08. The number of hydrogen-bond donors (Lipinski definition) is 1. The second-order valence-electron chi connectivity index (χ2n) is 7.21. The maximum Gasteiger partial charge on any atom is 0.244 e. The first-order valence-corrected chi connectivity index (χ1v) is 9.57.